The van der Waals surface area contributed by atoms with Crippen LogP contribution in [0.25, 0.3) is 0 Å². The zero-order valence-corrected chi connectivity index (χ0v) is 13.1. The molecule has 6 rings (SSSR count). The highest BCUT2D eigenvalue weighted by Crippen LogP contribution is 2.75. The van der Waals surface area contributed by atoms with Crippen LogP contribution in [0, 0.1) is 10.8 Å². The Balaban J connectivity index is 1.23. The van der Waals surface area contributed by atoms with Crippen LogP contribution in [0.4, 0.5) is 0 Å². The summed E-state index contributed by atoms with van der Waals surface area (Å²) in [6, 6.07) is 8.73. The quantitative estimate of drug-likeness (QED) is 0.738. The van der Waals surface area contributed by atoms with Crippen molar-refractivity contribution in [2.75, 3.05) is 0 Å². The molecular formula is C20H22O2. The normalized spacial score (nSPS) is 33.1. The molecule has 2 heteroatoms. The highest BCUT2D eigenvalue weighted by atomic mass is 16.4. The average Bonchev–Trinajstić information content (AvgIpc) is 3.52. The molecule has 2 unspecified atom stereocenters. The lowest BCUT2D eigenvalue weighted by Crippen LogP contribution is -1.91. The van der Waals surface area contributed by atoms with Gasteiger partial charge in [-0.05, 0) is 80.5 Å². The largest absolute Gasteiger partial charge is 0.465 e. The Hall–Kier alpha value is -1.44. The second-order valence-electron chi connectivity index (χ2n) is 8.44. The maximum Gasteiger partial charge on any atom is 0.114 e. The van der Waals surface area contributed by atoms with E-state index in [1.165, 1.54) is 50.0 Å². The van der Waals surface area contributed by atoms with Gasteiger partial charge >= 0.3 is 0 Å². The van der Waals surface area contributed by atoms with Gasteiger partial charge in [0.15, 0.2) is 0 Å². The van der Waals surface area contributed by atoms with Crippen LogP contribution >= 0.6 is 0 Å². The van der Waals surface area contributed by atoms with Gasteiger partial charge in [0.25, 0.3) is 0 Å². The van der Waals surface area contributed by atoms with Crippen LogP contribution < -0.4 is 0 Å². The second-order valence-corrected chi connectivity index (χ2v) is 8.44. The third kappa shape index (κ3) is 1.56. The Morgan fingerprint density at radius 1 is 0.818 bits per heavy atom. The van der Waals surface area contributed by atoms with Gasteiger partial charge in [0, 0.05) is 11.8 Å². The van der Waals surface area contributed by atoms with Gasteiger partial charge in [-0.1, -0.05) is 0 Å². The lowest BCUT2D eigenvalue weighted by molar-refractivity contribution is 0.401. The molecule has 0 aromatic carbocycles. The second kappa shape index (κ2) is 3.55. The Morgan fingerprint density at radius 2 is 1.27 bits per heavy atom. The Bertz CT molecular complexity index is 692. The number of furan rings is 2. The van der Waals surface area contributed by atoms with Crippen LogP contribution in [0.3, 0.4) is 0 Å². The molecule has 0 amide bonds. The predicted molar refractivity (Wildman–Crippen MR) is 83.0 cm³/mol. The van der Waals surface area contributed by atoms with E-state index in [1.807, 2.05) is 0 Å². The van der Waals surface area contributed by atoms with Gasteiger partial charge in [-0.15, -0.1) is 0 Å². The summed E-state index contributed by atoms with van der Waals surface area (Å²) in [5.74, 6) is 6.20. The van der Waals surface area contributed by atoms with Crippen molar-refractivity contribution in [3.8, 4) is 0 Å². The SMILES string of the molecule is CC(c1ccc(C2CC23CC3)o1)c1ccc(C2CC23CC3)o1. The van der Waals surface area contributed by atoms with Crippen molar-refractivity contribution >= 4 is 0 Å². The molecule has 0 aliphatic heterocycles. The first kappa shape index (κ1) is 12.0. The molecule has 2 nitrogen and oxygen atoms in total. The van der Waals surface area contributed by atoms with Gasteiger partial charge in [-0.3, -0.25) is 0 Å². The maximum absolute atomic E-state index is 6.18. The van der Waals surface area contributed by atoms with Crippen LogP contribution in [0.1, 0.15) is 86.2 Å². The maximum atomic E-state index is 6.18. The van der Waals surface area contributed by atoms with E-state index in [0.717, 1.165) is 11.5 Å². The third-order valence-electron chi connectivity index (χ3n) is 7.00. The minimum Gasteiger partial charge on any atom is -0.465 e. The fraction of sp³-hybridized carbons (Fsp3) is 0.600. The summed E-state index contributed by atoms with van der Waals surface area (Å²) >= 11 is 0. The Labute approximate surface area is 130 Å². The van der Waals surface area contributed by atoms with Crippen LogP contribution in [-0.4, -0.2) is 0 Å². The standard InChI is InChI=1S/C20H22O2/c1-12(15-2-4-17(21-15)13-10-19(13)6-7-19)16-3-5-18(22-16)14-11-20(14)8-9-20/h2-5,12-14H,6-11H2,1H3. The first-order valence-electron chi connectivity index (χ1n) is 8.89. The molecule has 2 spiro atoms. The van der Waals surface area contributed by atoms with Gasteiger partial charge in [0.2, 0.25) is 0 Å². The summed E-state index contributed by atoms with van der Waals surface area (Å²) in [6.07, 6.45) is 8.34. The Morgan fingerprint density at radius 3 is 1.64 bits per heavy atom. The van der Waals surface area contributed by atoms with Crippen LogP contribution in [0.15, 0.2) is 33.1 Å². The van der Waals surface area contributed by atoms with Crippen molar-refractivity contribution in [3.05, 3.63) is 47.3 Å². The van der Waals surface area contributed by atoms with E-state index in [-0.39, 0.29) is 5.92 Å². The monoisotopic (exact) mass is 294 g/mol. The van der Waals surface area contributed by atoms with Gasteiger partial charge in [-0.2, -0.15) is 0 Å². The smallest absolute Gasteiger partial charge is 0.114 e. The summed E-state index contributed by atoms with van der Waals surface area (Å²) in [5, 5.41) is 0. The highest BCUT2D eigenvalue weighted by molar-refractivity contribution is 5.32. The summed E-state index contributed by atoms with van der Waals surface area (Å²) < 4.78 is 12.4. The molecule has 4 saturated carbocycles. The van der Waals surface area contributed by atoms with Crippen LogP contribution in [0.5, 0.6) is 0 Å². The van der Waals surface area contributed by atoms with Gasteiger partial charge in [-0.25, -0.2) is 0 Å². The van der Waals surface area contributed by atoms with E-state index in [1.54, 1.807) is 0 Å². The van der Waals surface area contributed by atoms with E-state index in [0.29, 0.717) is 22.7 Å². The molecule has 0 bridgehead atoms. The van der Waals surface area contributed by atoms with Crippen molar-refractivity contribution in [1.29, 1.82) is 0 Å². The Kier molecular flexibility index (Phi) is 1.94. The fourth-order valence-corrected chi connectivity index (χ4v) is 4.64. The molecule has 2 aromatic rings. The first-order chi connectivity index (χ1) is 10.7. The topological polar surface area (TPSA) is 26.3 Å². The molecule has 4 aliphatic carbocycles. The third-order valence-corrected chi connectivity index (χ3v) is 7.00. The van der Waals surface area contributed by atoms with Crippen molar-refractivity contribution < 1.29 is 8.83 Å². The molecule has 4 aliphatic rings. The molecule has 2 aromatic heterocycles. The zero-order valence-electron chi connectivity index (χ0n) is 13.1. The number of rotatable bonds is 4. The van der Waals surface area contributed by atoms with Crippen molar-refractivity contribution in [2.45, 2.75) is 63.2 Å². The molecule has 22 heavy (non-hydrogen) atoms. The molecule has 0 saturated heterocycles. The van der Waals surface area contributed by atoms with Crippen molar-refractivity contribution in [2.24, 2.45) is 10.8 Å². The minimum absolute atomic E-state index is 0.227. The van der Waals surface area contributed by atoms with Crippen molar-refractivity contribution in [3.63, 3.8) is 0 Å². The van der Waals surface area contributed by atoms with E-state index in [4.69, 9.17) is 8.83 Å². The highest BCUT2D eigenvalue weighted by Gasteiger charge is 2.65. The van der Waals surface area contributed by atoms with E-state index in [9.17, 15) is 0 Å². The fourth-order valence-electron chi connectivity index (χ4n) is 4.64. The van der Waals surface area contributed by atoms with Gasteiger partial charge < -0.3 is 8.83 Å². The summed E-state index contributed by atoms with van der Waals surface area (Å²) in [7, 11) is 0. The summed E-state index contributed by atoms with van der Waals surface area (Å²) in [4.78, 5) is 0. The molecule has 2 heterocycles. The predicted octanol–water partition coefficient (Wildman–Crippen LogP) is 5.56. The van der Waals surface area contributed by atoms with E-state index >= 15 is 0 Å². The average molecular weight is 294 g/mol. The molecule has 0 N–H and O–H groups in total. The number of hydrogen-bond acceptors (Lipinski definition) is 2. The van der Waals surface area contributed by atoms with E-state index < -0.39 is 0 Å². The zero-order chi connectivity index (χ0) is 14.5. The molecule has 114 valence electrons. The minimum atomic E-state index is 0.227. The van der Waals surface area contributed by atoms with Crippen LogP contribution in [0.2, 0.25) is 0 Å². The lowest BCUT2D eigenvalue weighted by Gasteiger charge is -2.05. The van der Waals surface area contributed by atoms with Gasteiger partial charge in [0.1, 0.15) is 23.0 Å². The number of hydrogen-bond donors (Lipinski definition) is 0. The molecule has 0 radical (unpaired) electrons. The summed E-state index contributed by atoms with van der Waals surface area (Å²) in [5.41, 5.74) is 1.33. The lowest BCUT2D eigenvalue weighted by atomic mass is 10.1. The van der Waals surface area contributed by atoms with E-state index in [2.05, 4.69) is 31.2 Å². The molecular weight excluding hydrogens is 272 g/mol. The van der Waals surface area contributed by atoms with Crippen LogP contribution in [-0.2, 0) is 0 Å². The van der Waals surface area contributed by atoms with Gasteiger partial charge in [0.05, 0.1) is 5.92 Å². The summed E-state index contributed by atoms with van der Waals surface area (Å²) in [6.45, 7) is 2.20. The molecule has 2 atom stereocenters. The first-order valence-corrected chi connectivity index (χ1v) is 8.89. The van der Waals surface area contributed by atoms with Crippen molar-refractivity contribution in [1.82, 2.24) is 0 Å². The molecule has 4 fully saturated rings.